The number of alkyl halides is 3. The predicted octanol–water partition coefficient (Wildman–Crippen LogP) is 5.29. The van der Waals surface area contributed by atoms with Gasteiger partial charge in [0.05, 0.1) is 16.3 Å². The van der Waals surface area contributed by atoms with Crippen molar-refractivity contribution < 1.29 is 26.7 Å². The Bertz CT molecular complexity index is 1060. The van der Waals surface area contributed by atoms with E-state index in [9.17, 15) is 26.7 Å². The standard InChI is InChI=1S/C18H11ClF5N3O/c1-27-8-12(16(26-27)18(22,23)24)17(28)25-15-7-10(20)3-4-11(15)9-2-5-14(21)13(19)6-9/h2-8H,1H3,(H,25,28). The van der Waals surface area contributed by atoms with E-state index in [1.54, 1.807) is 0 Å². The fraction of sp³-hybridized carbons (Fsp3) is 0.111. The fourth-order valence-electron chi connectivity index (χ4n) is 2.59. The van der Waals surface area contributed by atoms with Crippen molar-refractivity contribution in [1.29, 1.82) is 0 Å². The molecule has 0 atom stereocenters. The predicted molar refractivity (Wildman–Crippen MR) is 93.0 cm³/mol. The number of nitrogens with zero attached hydrogens (tertiary/aromatic N) is 2. The summed E-state index contributed by atoms with van der Waals surface area (Å²) < 4.78 is 67.2. The highest BCUT2D eigenvalue weighted by Gasteiger charge is 2.39. The van der Waals surface area contributed by atoms with Crippen LogP contribution in [0.3, 0.4) is 0 Å². The van der Waals surface area contributed by atoms with Gasteiger partial charge >= 0.3 is 6.18 Å². The van der Waals surface area contributed by atoms with Gasteiger partial charge in [-0.25, -0.2) is 8.78 Å². The van der Waals surface area contributed by atoms with Crippen molar-refractivity contribution in [3.05, 3.63) is 70.5 Å². The van der Waals surface area contributed by atoms with E-state index in [-0.39, 0.29) is 16.3 Å². The molecule has 1 aromatic heterocycles. The number of nitrogens with one attached hydrogen (secondary N) is 1. The first-order chi connectivity index (χ1) is 13.1. The number of aromatic nitrogens is 2. The maximum Gasteiger partial charge on any atom is 0.435 e. The Morgan fingerprint density at radius 2 is 1.86 bits per heavy atom. The number of hydrogen-bond donors (Lipinski definition) is 1. The van der Waals surface area contributed by atoms with Crippen molar-refractivity contribution in [3.63, 3.8) is 0 Å². The normalized spacial score (nSPS) is 11.5. The number of rotatable bonds is 3. The van der Waals surface area contributed by atoms with E-state index in [1.807, 2.05) is 0 Å². The Hall–Kier alpha value is -2.94. The second-order valence-corrected chi connectivity index (χ2v) is 6.24. The van der Waals surface area contributed by atoms with Gasteiger partial charge in [-0.1, -0.05) is 17.7 Å². The molecule has 0 unspecified atom stereocenters. The molecule has 0 aliphatic heterocycles. The van der Waals surface area contributed by atoms with Gasteiger partial charge in [0.15, 0.2) is 5.69 Å². The minimum Gasteiger partial charge on any atom is -0.321 e. The summed E-state index contributed by atoms with van der Waals surface area (Å²) in [5.74, 6) is -2.53. The average molecular weight is 416 g/mol. The van der Waals surface area contributed by atoms with Gasteiger partial charge in [0.25, 0.3) is 5.91 Å². The van der Waals surface area contributed by atoms with Crippen LogP contribution >= 0.6 is 11.6 Å². The minimum atomic E-state index is -4.84. The summed E-state index contributed by atoms with van der Waals surface area (Å²) in [4.78, 5) is 12.4. The highest BCUT2D eigenvalue weighted by atomic mass is 35.5. The molecule has 3 rings (SSSR count). The Morgan fingerprint density at radius 3 is 2.50 bits per heavy atom. The van der Waals surface area contributed by atoms with Crippen LogP contribution in [0.1, 0.15) is 16.1 Å². The van der Waals surface area contributed by atoms with Crippen LogP contribution in [0.2, 0.25) is 5.02 Å². The summed E-state index contributed by atoms with van der Waals surface area (Å²) in [5.41, 5.74) is -1.61. The van der Waals surface area contributed by atoms with E-state index in [0.717, 1.165) is 29.1 Å². The first kappa shape index (κ1) is 19.8. The van der Waals surface area contributed by atoms with Gasteiger partial charge in [-0.05, 0) is 35.9 Å². The van der Waals surface area contributed by atoms with Crippen LogP contribution in [0.4, 0.5) is 27.6 Å². The van der Waals surface area contributed by atoms with Crippen LogP contribution in [0, 0.1) is 11.6 Å². The fourth-order valence-corrected chi connectivity index (χ4v) is 2.77. The zero-order valence-electron chi connectivity index (χ0n) is 14.1. The van der Waals surface area contributed by atoms with Crippen LogP contribution in [0.25, 0.3) is 11.1 Å². The van der Waals surface area contributed by atoms with Crippen LogP contribution in [0.5, 0.6) is 0 Å². The van der Waals surface area contributed by atoms with Gasteiger partial charge in [-0.15, -0.1) is 0 Å². The molecule has 0 fully saturated rings. The third kappa shape index (κ3) is 3.99. The van der Waals surface area contributed by atoms with Gasteiger partial charge in [0, 0.05) is 18.8 Å². The molecular weight excluding hydrogens is 405 g/mol. The number of aryl methyl sites for hydroxylation is 1. The largest absolute Gasteiger partial charge is 0.435 e. The van der Waals surface area contributed by atoms with Gasteiger partial charge in [-0.3, -0.25) is 9.48 Å². The molecule has 2 aromatic carbocycles. The van der Waals surface area contributed by atoms with E-state index < -0.39 is 35.0 Å². The van der Waals surface area contributed by atoms with Gasteiger partial charge in [-0.2, -0.15) is 18.3 Å². The number of anilines is 1. The summed E-state index contributed by atoms with van der Waals surface area (Å²) in [6, 6.07) is 7.00. The van der Waals surface area contributed by atoms with Gasteiger partial charge < -0.3 is 5.32 Å². The summed E-state index contributed by atoms with van der Waals surface area (Å²) in [7, 11) is 1.24. The van der Waals surface area contributed by atoms with Crippen molar-refractivity contribution in [2.75, 3.05) is 5.32 Å². The summed E-state index contributed by atoms with van der Waals surface area (Å²) in [6.45, 7) is 0. The number of hydrogen-bond acceptors (Lipinski definition) is 2. The summed E-state index contributed by atoms with van der Waals surface area (Å²) in [6.07, 6.45) is -3.94. The lowest BCUT2D eigenvalue weighted by molar-refractivity contribution is -0.141. The smallest absolute Gasteiger partial charge is 0.321 e. The van der Waals surface area contributed by atoms with Gasteiger partial charge in [0.2, 0.25) is 0 Å². The lowest BCUT2D eigenvalue weighted by atomic mass is 10.0. The molecule has 0 radical (unpaired) electrons. The number of amides is 1. The van der Waals surface area contributed by atoms with Crippen molar-refractivity contribution in [2.45, 2.75) is 6.18 Å². The number of benzene rings is 2. The average Bonchev–Trinajstić information content (AvgIpc) is 3.00. The Balaban J connectivity index is 2.02. The van der Waals surface area contributed by atoms with E-state index in [0.29, 0.717) is 5.56 Å². The first-order valence-corrected chi connectivity index (χ1v) is 8.11. The quantitative estimate of drug-likeness (QED) is 0.591. The molecule has 28 heavy (non-hydrogen) atoms. The Kier molecular flexibility index (Phi) is 5.12. The van der Waals surface area contributed by atoms with E-state index >= 15 is 0 Å². The number of carbonyl (C=O) groups excluding carboxylic acids is 1. The molecule has 3 aromatic rings. The highest BCUT2D eigenvalue weighted by molar-refractivity contribution is 6.31. The monoisotopic (exact) mass is 415 g/mol. The van der Waals surface area contributed by atoms with Gasteiger partial charge in [0.1, 0.15) is 11.6 Å². The highest BCUT2D eigenvalue weighted by Crippen LogP contribution is 2.34. The Morgan fingerprint density at radius 1 is 1.14 bits per heavy atom. The maximum absolute atomic E-state index is 13.7. The van der Waals surface area contributed by atoms with E-state index in [4.69, 9.17) is 11.6 Å². The van der Waals surface area contributed by atoms with E-state index in [2.05, 4.69) is 10.4 Å². The molecule has 1 amide bonds. The molecule has 4 nitrogen and oxygen atoms in total. The Labute approximate surface area is 160 Å². The lowest BCUT2D eigenvalue weighted by Gasteiger charge is -2.13. The molecule has 0 saturated heterocycles. The second-order valence-electron chi connectivity index (χ2n) is 5.84. The third-order valence-corrected chi connectivity index (χ3v) is 4.09. The molecule has 1 heterocycles. The first-order valence-electron chi connectivity index (χ1n) is 7.73. The molecular formula is C18H11ClF5N3O. The SMILES string of the molecule is Cn1cc(C(=O)Nc2cc(F)ccc2-c2ccc(F)c(Cl)c2)c(C(F)(F)F)n1. The zero-order chi connectivity index (χ0) is 20.6. The molecule has 0 aliphatic carbocycles. The molecule has 1 N–H and O–H groups in total. The summed E-state index contributed by atoms with van der Waals surface area (Å²) >= 11 is 5.75. The van der Waals surface area contributed by atoms with Crippen LogP contribution < -0.4 is 5.32 Å². The zero-order valence-corrected chi connectivity index (χ0v) is 14.9. The topological polar surface area (TPSA) is 46.9 Å². The molecule has 10 heteroatoms. The second kappa shape index (κ2) is 7.23. The van der Waals surface area contributed by atoms with Crippen molar-refractivity contribution >= 4 is 23.2 Å². The molecule has 0 spiro atoms. The van der Waals surface area contributed by atoms with E-state index in [1.165, 1.54) is 25.2 Å². The summed E-state index contributed by atoms with van der Waals surface area (Å²) in [5, 5.41) is 5.32. The van der Waals surface area contributed by atoms with Crippen molar-refractivity contribution in [3.8, 4) is 11.1 Å². The van der Waals surface area contributed by atoms with Crippen molar-refractivity contribution in [2.24, 2.45) is 7.05 Å². The molecule has 0 bridgehead atoms. The van der Waals surface area contributed by atoms with Crippen LogP contribution in [-0.2, 0) is 13.2 Å². The maximum atomic E-state index is 13.7. The van der Waals surface area contributed by atoms with Crippen LogP contribution in [0.15, 0.2) is 42.6 Å². The minimum absolute atomic E-state index is 0.107. The molecule has 0 saturated carbocycles. The number of carbonyl (C=O) groups is 1. The lowest BCUT2D eigenvalue weighted by Crippen LogP contribution is -2.18. The van der Waals surface area contributed by atoms with Crippen LogP contribution in [-0.4, -0.2) is 15.7 Å². The molecule has 0 aliphatic rings. The number of halogens is 6. The molecule has 146 valence electrons. The van der Waals surface area contributed by atoms with Crippen molar-refractivity contribution in [1.82, 2.24) is 9.78 Å². The third-order valence-electron chi connectivity index (χ3n) is 3.80.